The van der Waals surface area contributed by atoms with Crippen molar-refractivity contribution in [3.8, 4) is 11.1 Å². The van der Waals surface area contributed by atoms with Gasteiger partial charge in [0.05, 0.1) is 0 Å². The van der Waals surface area contributed by atoms with Crippen molar-refractivity contribution >= 4 is 11.4 Å². The standard InChI is InChI=1S/C30H36N2/c1-27(2)15-17-31-25(27)29(5,6)23-13-9-11-21(19-23)22-12-10-14-24(20-22)30(7,8)26-28(3,4)16-18-32-26/h9-20H,1-8H3. The van der Waals surface area contributed by atoms with Crippen LogP contribution in [-0.2, 0) is 10.8 Å². The highest BCUT2D eigenvalue weighted by atomic mass is 14.8. The van der Waals surface area contributed by atoms with Gasteiger partial charge in [-0.25, -0.2) is 0 Å². The molecule has 166 valence electrons. The van der Waals surface area contributed by atoms with Crippen molar-refractivity contribution in [1.82, 2.24) is 0 Å². The number of aliphatic imine (C=N–C) groups is 2. The van der Waals surface area contributed by atoms with Gasteiger partial charge in [0.25, 0.3) is 0 Å². The van der Waals surface area contributed by atoms with Crippen LogP contribution < -0.4 is 0 Å². The molecule has 0 atom stereocenters. The molecule has 0 unspecified atom stereocenters. The third kappa shape index (κ3) is 3.70. The van der Waals surface area contributed by atoms with E-state index in [1.165, 1.54) is 33.7 Å². The van der Waals surface area contributed by atoms with E-state index >= 15 is 0 Å². The van der Waals surface area contributed by atoms with Gasteiger partial charge in [-0.2, -0.15) is 0 Å². The predicted molar refractivity (Wildman–Crippen MR) is 139 cm³/mol. The van der Waals surface area contributed by atoms with E-state index in [4.69, 9.17) is 9.98 Å². The van der Waals surface area contributed by atoms with E-state index in [9.17, 15) is 0 Å². The summed E-state index contributed by atoms with van der Waals surface area (Å²) in [5.74, 6) is 0. The Hall–Kier alpha value is -2.74. The molecule has 2 aliphatic rings. The molecular formula is C30H36N2. The number of allylic oxidation sites excluding steroid dienone is 2. The van der Waals surface area contributed by atoms with Gasteiger partial charge in [-0.1, -0.05) is 116 Å². The highest BCUT2D eigenvalue weighted by Crippen LogP contribution is 2.41. The van der Waals surface area contributed by atoms with Gasteiger partial charge in [-0.3, -0.25) is 9.98 Å². The Labute approximate surface area is 193 Å². The first kappa shape index (κ1) is 22.5. The molecule has 0 saturated carbocycles. The van der Waals surface area contributed by atoms with Gasteiger partial charge in [-0.05, 0) is 22.3 Å². The van der Waals surface area contributed by atoms with Gasteiger partial charge in [0, 0.05) is 45.5 Å². The van der Waals surface area contributed by atoms with Gasteiger partial charge in [-0.15, -0.1) is 0 Å². The van der Waals surface area contributed by atoms with E-state index in [0.717, 1.165) is 0 Å². The zero-order chi connectivity index (χ0) is 23.4. The summed E-state index contributed by atoms with van der Waals surface area (Å²) in [5.41, 5.74) is 7.16. The largest absolute Gasteiger partial charge is 0.264 e. The minimum absolute atomic E-state index is 0.0215. The van der Waals surface area contributed by atoms with Crippen LogP contribution in [0, 0.1) is 10.8 Å². The summed E-state index contributed by atoms with van der Waals surface area (Å²) in [5, 5.41) is 0. The van der Waals surface area contributed by atoms with Crippen LogP contribution in [0.1, 0.15) is 66.5 Å². The van der Waals surface area contributed by atoms with Crippen molar-refractivity contribution in [3.63, 3.8) is 0 Å². The van der Waals surface area contributed by atoms with Crippen molar-refractivity contribution in [2.45, 2.75) is 66.2 Å². The SMILES string of the molecule is CC1(C)C=CN=C1C(C)(C)c1cccc(-c2cccc(C(C)(C)C3=NC=CC3(C)C)c2)c1. The zero-order valence-corrected chi connectivity index (χ0v) is 20.8. The number of rotatable bonds is 5. The lowest BCUT2D eigenvalue weighted by Crippen LogP contribution is -2.37. The Morgan fingerprint density at radius 3 is 1.28 bits per heavy atom. The minimum atomic E-state index is -0.145. The van der Waals surface area contributed by atoms with E-state index < -0.39 is 0 Å². The molecule has 2 aromatic carbocycles. The van der Waals surface area contributed by atoms with Crippen LogP contribution in [0.5, 0.6) is 0 Å². The molecule has 0 saturated heterocycles. The van der Waals surface area contributed by atoms with Gasteiger partial charge in [0.2, 0.25) is 0 Å². The smallest absolute Gasteiger partial charge is 0.0373 e. The van der Waals surface area contributed by atoms with Gasteiger partial charge < -0.3 is 0 Å². The quantitative estimate of drug-likeness (QED) is 0.466. The average molecular weight is 425 g/mol. The number of benzene rings is 2. The van der Waals surface area contributed by atoms with Crippen molar-refractivity contribution in [1.29, 1.82) is 0 Å². The van der Waals surface area contributed by atoms with Crippen molar-refractivity contribution in [2.24, 2.45) is 20.8 Å². The summed E-state index contributed by atoms with van der Waals surface area (Å²) in [6.07, 6.45) is 8.30. The first-order chi connectivity index (χ1) is 14.9. The molecule has 0 fully saturated rings. The second kappa shape index (κ2) is 7.40. The molecule has 0 aliphatic carbocycles. The van der Waals surface area contributed by atoms with E-state index in [2.05, 4.69) is 116 Å². The van der Waals surface area contributed by atoms with Crippen LogP contribution in [0.2, 0.25) is 0 Å². The first-order valence-electron chi connectivity index (χ1n) is 11.6. The van der Waals surface area contributed by atoms with E-state index in [0.29, 0.717) is 0 Å². The fraction of sp³-hybridized carbons (Fsp3) is 0.400. The molecule has 0 aromatic heterocycles. The highest BCUT2D eigenvalue weighted by molar-refractivity contribution is 6.02. The summed E-state index contributed by atoms with van der Waals surface area (Å²) in [6, 6.07) is 17.9. The summed E-state index contributed by atoms with van der Waals surface area (Å²) in [6.45, 7) is 18.1. The molecule has 0 spiro atoms. The van der Waals surface area contributed by atoms with Gasteiger partial charge in [0.15, 0.2) is 0 Å². The summed E-state index contributed by atoms with van der Waals surface area (Å²) < 4.78 is 0. The molecule has 2 aliphatic heterocycles. The molecular weight excluding hydrogens is 388 g/mol. The van der Waals surface area contributed by atoms with Crippen molar-refractivity contribution < 1.29 is 0 Å². The number of hydrogen-bond donors (Lipinski definition) is 0. The molecule has 2 heteroatoms. The normalized spacial score (nSPS) is 19.2. The van der Waals surface area contributed by atoms with Gasteiger partial charge in [0.1, 0.15) is 0 Å². The fourth-order valence-corrected chi connectivity index (χ4v) is 5.47. The molecule has 0 N–H and O–H groups in total. The van der Waals surface area contributed by atoms with Crippen molar-refractivity contribution in [2.75, 3.05) is 0 Å². The third-order valence-corrected chi connectivity index (χ3v) is 7.30. The third-order valence-electron chi connectivity index (χ3n) is 7.30. The number of nitrogens with zero attached hydrogens (tertiary/aromatic N) is 2. The molecule has 0 amide bonds. The summed E-state index contributed by atoms with van der Waals surface area (Å²) in [4.78, 5) is 9.52. The maximum atomic E-state index is 4.76. The van der Waals surface area contributed by atoms with E-state index in [1.54, 1.807) is 0 Å². The highest BCUT2D eigenvalue weighted by Gasteiger charge is 2.39. The van der Waals surface area contributed by atoms with Crippen molar-refractivity contribution in [3.05, 3.63) is 84.2 Å². The second-order valence-corrected chi connectivity index (χ2v) is 11.4. The monoisotopic (exact) mass is 424 g/mol. The van der Waals surface area contributed by atoms with Crippen LogP contribution in [-0.4, -0.2) is 11.4 Å². The minimum Gasteiger partial charge on any atom is -0.264 e. The Morgan fingerprint density at radius 2 is 0.969 bits per heavy atom. The maximum Gasteiger partial charge on any atom is 0.0373 e. The molecule has 2 aromatic rings. The Bertz CT molecular complexity index is 1070. The Kier molecular flexibility index (Phi) is 5.19. The summed E-state index contributed by atoms with van der Waals surface area (Å²) in [7, 11) is 0. The van der Waals surface area contributed by atoms with Crippen LogP contribution >= 0.6 is 0 Å². The number of hydrogen-bond acceptors (Lipinski definition) is 2. The van der Waals surface area contributed by atoms with Crippen LogP contribution in [0.4, 0.5) is 0 Å². The second-order valence-electron chi connectivity index (χ2n) is 11.4. The Morgan fingerprint density at radius 1 is 0.594 bits per heavy atom. The van der Waals surface area contributed by atoms with E-state index in [1.807, 2.05) is 12.4 Å². The first-order valence-corrected chi connectivity index (χ1v) is 11.6. The van der Waals surface area contributed by atoms with E-state index in [-0.39, 0.29) is 21.7 Å². The lowest BCUT2D eigenvalue weighted by atomic mass is 9.69. The molecule has 0 bridgehead atoms. The Balaban J connectivity index is 1.71. The lowest BCUT2D eigenvalue weighted by molar-refractivity contribution is 0.592. The maximum absolute atomic E-state index is 4.76. The summed E-state index contributed by atoms with van der Waals surface area (Å²) >= 11 is 0. The molecule has 2 heterocycles. The lowest BCUT2D eigenvalue weighted by Gasteiger charge is -2.34. The topological polar surface area (TPSA) is 24.7 Å². The van der Waals surface area contributed by atoms with Crippen LogP contribution in [0.3, 0.4) is 0 Å². The van der Waals surface area contributed by atoms with Crippen LogP contribution in [0.25, 0.3) is 11.1 Å². The molecule has 4 rings (SSSR count). The van der Waals surface area contributed by atoms with Crippen LogP contribution in [0.15, 0.2) is 83.1 Å². The predicted octanol–water partition coefficient (Wildman–Crippen LogP) is 7.90. The molecule has 32 heavy (non-hydrogen) atoms. The fourth-order valence-electron chi connectivity index (χ4n) is 5.47. The zero-order valence-electron chi connectivity index (χ0n) is 20.8. The average Bonchev–Trinajstić information content (AvgIpc) is 3.29. The molecule has 2 nitrogen and oxygen atoms in total. The van der Waals surface area contributed by atoms with Gasteiger partial charge >= 0.3 is 0 Å². The molecule has 0 radical (unpaired) electrons.